The van der Waals surface area contributed by atoms with Crippen LogP contribution in [0.25, 0.3) is 0 Å². The topological polar surface area (TPSA) is 0 Å². The summed E-state index contributed by atoms with van der Waals surface area (Å²) in [6.07, 6.45) is 1.58. The molecule has 0 N–H and O–H groups in total. The molecule has 0 unspecified atom stereocenters. The second-order valence-electron chi connectivity index (χ2n) is 1.31. The molecular weight excluding hydrogens is 332 g/mol. The van der Waals surface area contributed by atoms with Crippen LogP contribution in [0.5, 0.6) is 0 Å². The van der Waals surface area contributed by atoms with Crippen LogP contribution in [0, 0.1) is 0 Å². The van der Waals surface area contributed by atoms with Gasteiger partial charge in [-0.05, 0) is 0 Å². The first-order valence-electron chi connectivity index (χ1n) is 2.52. The number of rotatable bonds is 0. The zero-order valence-corrected chi connectivity index (χ0v) is 10.2. The summed E-state index contributed by atoms with van der Waals surface area (Å²) in [4.78, 5) is 0.905. The Kier molecular flexibility index (Phi) is 12.4. The van der Waals surface area contributed by atoms with Gasteiger partial charge < -0.3 is 25.3 Å². The molecule has 54 valence electrons. The van der Waals surface area contributed by atoms with Crippen molar-refractivity contribution in [3.63, 3.8) is 0 Å². The predicted octanol–water partition coefficient (Wildman–Crippen LogP) is 1.75. The Morgan fingerprint density at radius 1 is 1.00 bits per heavy atom. The second-order valence-corrected chi connectivity index (χ2v) is 1.78. The number of hydrogen-bond donors (Lipinski definition) is 0. The molecule has 0 atom stereocenters. The first kappa shape index (κ1) is 13.1. The van der Waals surface area contributed by atoms with Gasteiger partial charge in [-0.25, -0.2) is 0 Å². The molecule has 1 aromatic rings. The number of benzene rings is 1. The van der Waals surface area contributed by atoms with E-state index in [0.29, 0.717) is 0 Å². The van der Waals surface area contributed by atoms with Crippen molar-refractivity contribution in [3.8, 4) is 0 Å². The molecule has 0 saturated heterocycles. The maximum absolute atomic E-state index is 4.81. The molecule has 0 bridgehead atoms. The summed E-state index contributed by atoms with van der Waals surface area (Å²) in [5.41, 5.74) is 0. The smallest absolute Gasteiger partial charge is 0.796 e. The van der Waals surface area contributed by atoms with Crippen molar-refractivity contribution < 1.29 is 21.1 Å². The first-order valence-corrected chi connectivity index (χ1v) is 3.75. The van der Waals surface area contributed by atoms with Gasteiger partial charge in [0.05, 0.1) is 0 Å². The number of hydrogen-bond acceptors (Lipinski definition) is 2. The molecule has 0 amide bonds. The van der Waals surface area contributed by atoms with Crippen molar-refractivity contribution in [1.29, 1.82) is 0 Å². The van der Waals surface area contributed by atoms with Crippen LogP contribution in [0.4, 0.5) is 0 Å². The average Bonchev–Trinajstić information content (AvgIpc) is 1.94. The zero-order valence-electron chi connectivity index (χ0n) is 5.61. The minimum atomic E-state index is 0. The normalized spacial score (nSPS) is 6.60. The van der Waals surface area contributed by atoms with Crippen LogP contribution in [-0.2, 0) is 46.3 Å². The fourth-order valence-corrected chi connectivity index (χ4v) is 0.578. The van der Waals surface area contributed by atoms with Gasteiger partial charge in [0.2, 0.25) is 0 Å². The Balaban J connectivity index is 0. The zero-order chi connectivity index (χ0) is 7.11. The van der Waals surface area contributed by atoms with Gasteiger partial charge in [0.25, 0.3) is 0 Å². The van der Waals surface area contributed by atoms with Crippen LogP contribution in [0.1, 0.15) is 0 Å². The van der Waals surface area contributed by atoms with Crippen LogP contribution in [-0.4, -0.2) is 6.26 Å². The maximum atomic E-state index is 4.81. The Bertz CT molecular complexity index is 142. The molecular formula is C7H8S2W. The molecule has 0 aromatic heterocycles. The van der Waals surface area contributed by atoms with E-state index in [0.717, 1.165) is 4.90 Å². The fourth-order valence-electron chi connectivity index (χ4n) is 0.420. The van der Waals surface area contributed by atoms with E-state index in [-0.39, 0.29) is 21.1 Å². The first-order chi connectivity index (χ1) is 4.39. The van der Waals surface area contributed by atoms with E-state index in [1.54, 1.807) is 6.26 Å². The van der Waals surface area contributed by atoms with E-state index < -0.39 is 0 Å². The summed E-state index contributed by atoms with van der Waals surface area (Å²) in [5.74, 6) is 0. The van der Waals surface area contributed by atoms with Gasteiger partial charge in [-0.3, -0.25) is 0 Å². The monoisotopic (exact) mass is 340 g/mol. The van der Waals surface area contributed by atoms with Gasteiger partial charge in [0, 0.05) is 0 Å². The third-order valence-corrected chi connectivity index (χ3v) is 1.02. The van der Waals surface area contributed by atoms with Gasteiger partial charge in [0.15, 0.2) is 0 Å². The van der Waals surface area contributed by atoms with Gasteiger partial charge in [-0.15, -0.1) is 0 Å². The second kappa shape index (κ2) is 9.48. The third-order valence-electron chi connectivity index (χ3n) is 0.743. The Morgan fingerprint density at radius 3 is 1.60 bits per heavy atom. The van der Waals surface area contributed by atoms with Crippen LogP contribution in [0.3, 0.4) is 0 Å². The van der Waals surface area contributed by atoms with Crippen molar-refractivity contribution in [2.75, 3.05) is 6.26 Å². The summed E-state index contributed by atoms with van der Waals surface area (Å²) in [6, 6.07) is 9.62. The molecule has 10 heavy (non-hydrogen) atoms. The van der Waals surface area contributed by atoms with Crippen molar-refractivity contribution in [2.45, 2.75) is 4.90 Å². The van der Waals surface area contributed by atoms with Crippen molar-refractivity contribution in [1.82, 2.24) is 0 Å². The Hall–Kier alpha value is 0.478. The summed E-state index contributed by atoms with van der Waals surface area (Å²) < 4.78 is 0. The minimum absolute atomic E-state index is 0. The molecule has 0 spiro atoms. The Morgan fingerprint density at radius 2 is 1.40 bits per heavy atom. The molecule has 3 heteroatoms. The molecule has 0 nitrogen and oxygen atoms in total. The summed E-state index contributed by atoms with van der Waals surface area (Å²) in [5, 5.41) is 0. The van der Waals surface area contributed by atoms with Gasteiger partial charge >= 0.3 is 21.1 Å². The summed E-state index contributed by atoms with van der Waals surface area (Å²) >= 11 is 8.90. The summed E-state index contributed by atoms with van der Waals surface area (Å²) in [6.45, 7) is 0. The molecule has 0 aliphatic heterocycles. The Labute approximate surface area is 87.5 Å². The van der Waals surface area contributed by atoms with Crippen LogP contribution in [0.2, 0.25) is 0 Å². The largest absolute Gasteiger partial charge is 2.00 e. The van der Waals surface area contributed by atoms with Gasteiger partial charge in [0.1, 0.15) is 0 Å². The third kappa shape index (κ3) is 6.60. The van der Waals surface area contributed by atoms with Gasteiger partial charge in [-0.2, -0.15) is 11.2 Å². The van der Waals surface area contributed by atoms with E-state index in [1.165, 1.54) is 0 Å². The van der Waals surface area contributed by atoms with E-state index >= 15 is 0 Å². The SMILES string of the molecule is C[S-].[S-]c1ccccc1.[W+2]. The van der Waals surface area contributed by atoms with Crippen LogP contribution in [0.15, 0.2) is 35.2 Å². The molecule has 0 aliphatic carbocycles. The van der Waals surface area contributed by atoms with Crippen LogP contribution >= 0.6 is 0 Å². The fraction of sp³-hybridized carbons (Fsp3) is 0.143. The van der Waals surface area contributed by atoms with Crippen molar-refractivity contribution in [3.05, 3.63) is 30.3 Å². The van der Waals surface area contributed by atoms with Crippen molar-refractivity contribution in [2.24, 2.45) is 0 Å². The summed E-state index contributed by atoms with van der Waals surface area (Å²) in [7, 11) is 0. The maximum Gasteiger partial charge on any atom is 2.00 e. The van der Waals surface area contributed by atoms with Crippen LogP contribution < -0.4 is 0 Å². The molecule has 1 rings (SSSR count). The van der Waals surface area contributed by atoms with E-state index in [4.69, 9.17) is 12.6 Å². The average molecular weight is 340 g/mol. The van der Waals surface area contributed by atoms with E-state index in [9.17, 15) is 0 Å². The predicted molar refractivity (Wildman–Crippen MR) is 45.4 cm³/mol. The molecule has 0 fully saturated rings. The molecule has 1 aromatic carbocycles. The minimum Gasteiger partial charge on any atom is -0.796 e. The standard InChI is InChI=1S/C6H6S.CH4S.W/c7-6-4-2-1-3-5-6;1-2;/h1-5,7H;2H,1H3;/q;;+2/p-2. The molecule has 0 saturated carbocycles. The van der Waals surface area contributed by atoms with E-state index in [2.05, 4.69) is 12.6 Å². The van der Waals surface area contributed by atoms with Gasteiger partial charge in [-0.1, -0.05) is 30.3 Å². The van der Waals surface area contributed by atoms with Crippen molar-refractivity contribution >= 4 is 25.3 Å². The molecule has 0 heterocycles. The molecule has 0 radical (unpaired) electrons. The van der Waals surface area contributed by atoms with E-state index in [1.807, 2.05) is 30.3 Å². The molecule has 0 aliphatic rings. The quantitative estimate of drug-likeness (QED) is 0.660.